The Kier molecular flexibility index (Phi) is 5.58. The highest BCUT2D eigenvalue weighted by atomic mass is 16.5. The molecule has 1 aromatic rings. The second-order valence-electron chi connectivity index (χ2n) is 6.23. The number of carbonyl (C=O) groups is 1. The van der Waals surface area contributed by atoms with Gasteiger partial charge in [-0.3, -0.25) is 9.48 Å². The molecule has 0 aromatic carbocycles. The summed E-state index contributed by atoms with van der Waals surface area (Å²) in [5.41, 5.74) is 2.48. The molecule has 2 heterocycles. The van der Waals surface area contributed by atoms with Crippen molar-refractivity contribution < 1.29 is 9.53 Å². The number of methoxy groups -OCH3 is 1. The molecule has 124 valence electrons. The Hall–Kier alpha value is -1.40. The van der Waals surface area contributed by atoms with Crippen molar-refractivity contribution in [2.45, 2.75) is 40.2 Å². The molecule has 1 aliphatic rings. The summed E-state index contributed by atoms with van der Waals surface area (Å²) in [4.78, 5) is 12.6. The smallest absolute Gasteiger partial charge is 0.255 e. The van der Waals surface area contributed by atoms with Gasteiger partial charge in [0.05, 0.1) is 17.9 Å². The van der Waals surface area contributed by atoms with Crippen molar-refractivity contribution in [2.24, 2.45) is 5.41 Å². The van der Waals surface area contributed by atoms with Gasteiger partial charge in [-0.1, -0.05) is 0 Å². The standard InChI is InChI=1S/C16H28N4O2/c1-5-20-13(3)14(12(2)19-20)15(21)18-10-16(11-22-4)6-8-17-9-7-16/h17H,5-11H2,1-4H3,(H,18,21). The molecule has 0 spiro atoms. The van der Waals surface area contributed by atoms with Crippen LogP contribution in [0.15, 0.2) is 0 Å². The Morgan fingerprint density at radius 1 is 1.41 bits per heavy atom. The van der Waals surface area contributed by atoms with E-state index < -0.39 is 0 Å². The monoisotopic (exact) mass is 308 g/mol. The number of amides is 1. The first kappa shape index (κ1) is 17.0. The van der Waals surface area contributed by atoms with Crippen LogP contribution in [0.2, 0.25) is 0 Å². The van der Waals surface area contributed by atoms with E-state index in [1.165, 1.54) is 0 Å². The molecule has 0 saturated carbocycles. The molecule has 0 aliphatic carbocycles. The molecule has 1 saturated heterocycles. The highest BCUT2D eigenvalue weighted by molar-refractivity contribution is 5.96. The molecule has 6 nitrogen and oxygen atoms in total. The van der Waals surface area contributed by atoms with Gasteiger partial charge in [-0.05, 0) is 46.7 Å². The van der Waals surface area contributed by atoms with Crippen molar-refractivity contribution in [1.82, 2.24) is 20.4 Å². The number of aromatic nitrogens is 2. The van der Waals surface area contributed by atoms with Crippen LogP contribution in [0.5, 0.6) is 0 Å². The zero-order valence-electron chi connectivity index (χ0n) is 14.2. The Morgan fingerprint density at radius 3 is 2.64 bits per heavy atom. The SMILES string of the molecule is CCn1nc(C)c(C(=O)NCC2(COC)CCNCC2)c1C. The number of nitrogens with zero attached hydrogens (tertiary/aromatic N) is 2. The molecule has 1 fully saturated rings. The first-order chi connectivity index (χ1) is 10.5. The lowest BCUT2D eigenvalue weighted by Gasteiger charge is -2.37. The van der Waals surface area contributed by atoms with Gasteiger partial charge in [-0.25, -0.2) is 0 Å². The maximum absolute atomic E-state index is 12.6. The number of ether oxygens (including phenoxy) is 1. The van der Waals surface area contributed by atoms with Crippen molar-refractivity contribution in [3.05, 3.63) is 17.0 Å². The van der Waals surface area contributed by atoms with Gasteiger partial charge in [0.15, 0.2) is 0 Å². The average Bonchev–Trinajstić information content (AvgIpc) is 2.80. The molecule has 22 heavy (non-hydrogen) atoms. The Labute approximate surface area is 132 Å². The fourth-order valence-corrected chi connectivity index (χ4v) is 3.33. The molecule has 1 aromatic heterocycles. The lowest BCUT2D eigenvalue weighted by Crippen LogP contribution is -2.47. The predicted octanol–water partition coefficient (Wildman–Crippen LogP) is 1.27. The van der Waals surface area contributed by atoms with Crippen molar-refractivity contribution in [2.75, 3.05) is 33.4 Å². The molecule has 2 rings (SSSR count). The summed E-state index contributed by atoms with van der Waals surface area (Å²) in [5, 5.41) is 10.9. The van der Waals surface area contributed by atoms with Crippen LogP contribution in [-0.4, -0.2) is 49.0 Å². The molecule has 0 bridgehead atoms. The molecule has 6 heteroatoms. The van der Waals surface area contributed by atoms with Gasteiger partial charge < -0.3 is 15.4 Å². The van der Waals surface area contributed by atoms with Crippen LogP contribution >= 0.6 is 0 Å². The van der Waals surface area contributed by atoms with E-state index in [1.54, 1.807) is 7.11 Å². The number of piperidine rings is 1. The number of nitrogens with one attached hydrogen (secondary N) is 2. The Morgan fingerprint density at radius 2 is 2.09 bits per heavy atom. The van der Waals surface area contributed by atoms with Gasteiger partial charge in [0, 0.05) is 31.3 Å². The summed E-state index contributed by atoms with van der Waals surface area (Å²) in [5.74, 6) is -0.0243. The first-order valence-electron chi connectivity index (χ1n) is 8.05. The van der Waals surface area contributed by atoms with Gasteiger partial charge in [-0.2, -0.15) is 5.10 Å². The van der Waals surface area contributed by atoms with E-state index in [-0.39, 0.29) is 11.3 Å². The van der Waals surface area contributed by atoms with E-state index in [9.17, 15) is 4.79 Å². The number of hydrogen-bond acceptors (Lipinski definition) is 4. The summed E-state index contributed by atoms with van der Waals surface area (Å²) in [7, 11) is 1.73. The van der Waals surface area contributed by atoms with Gasteiger partial charge in [-0.15, -0.1) is 0 Å². The molecular weight excluding hydrogens is 280 g/mol. The minimum absolute atomic E-state index is 0.0243. The first-order valence-corrected chi connectivity index (χ1v) is 8.05. The summed E-state index contributed by atoms with van der Waals surface area (Å²) in [6.45, 7) is 9.94. The topological polar surface area (TPSA) is 68.2 Å². The predicted molar refractivity (Wildman–Crippen MR) is 86.1 cm³/mol. The summed E-state index contributed by atoms with van der Waals surface area (Å²) in [6.07, 6.45) is 2.04. The van der Waals surface area contributed by atoms with E-state index in [0.717, 1.165) is 43.9 Å². The van der Waals surface area contributed by atoms with Crippen molar-refractivity contribution in [3.63, 3.8) is 0 Å². The fourth-order valence-electron chi connectivity index (χ4n) is 3.33. The number of carbonyl (C=O) groups excluding carboxylic acids is 1. The van der Waals surface area contributed by atoms with Crippen LogP contribution in [-0.2, 0) is 11.3 Å². The van der Waals surface area contributed by atoms with Crippen molar-refractivity contribution in [1.29, 1.82) is 0 Å². The largest absolute Gasteiger partial charge is 0.384 e. The lowest BCUT2D eigenvalue weighted by atomic mass is 9.79. The van der Waals surface area contributed by atoms with Crippen LogP contribution in [0.3, 0.4) is 0 Å². The van der Waals surface area contributed by atoms with Crippen LogP contribution < -0.4 is 10.6 Å². The zero-order valence-corrected chi connectivity index (χ0v) is 14.2. The average molecular weight is 308 g/mol. The molecule has 0 atom stereocenters. The molecular formula is C16H28N4O2. The second-order valence-corrected chi connectivity index (χ2v) is 6.23. The number of aryl methyl sites for hydroxylation is 2. The number of rotatable bonds is 6. The van der Waals surface area contributed by atoms with Gasteiger partial charge >= 0.3 is 0 Å². The zero-order chi connectivity index (χ0) is 16.2. The normalized spacial score (nSPS) is 17.5. The summed E-state index contributed by atoms with van der Waals surface area (Å²) in [6, 6.07) is 0. The van der Waals surface area contributed by atoms with E-state index in [0.29, 0.717) is 18.7 Å². The fraction of sp³-hybridized carbons (Fsp3) is 0.750. The molecule has 2 N–H and O–H groups in total. The Bertz CT molecular complexity index is 513. The lowest BCUT2D eigenvalue weighted by molar-refractivity contribution is 0.0511. The van der Waals surface area contributed by atoms with E-state index >= 15 is 0 Å². The molecule has 0 radical (unpaired) electrons. The van der Waals surface area contributed by atoms with Crippen LogP contribution in [0.1, 0.15) is 41.5 Å². The quantitative estimate of drug-likeness (QED) is 0.830. The highest BCUT2D eigenvalue weighted by Gasteiger charge is 2.33. The van der Waals surface area contributed by atoms with Crippen LogP contribution in [0.25, 0.3) is 0 Å². The molecule has 0 unspecified atom stereocenters. The van der Waals surface area contributed by atoms with Gasteiger partial charge in [0.25, 0.3) is 5.91 Å². The third-order valence-corrected chi connectivity index (χ3v) is 4.65. The minimum atomic E-state index is -0.0243. The van der Waals surface area contributed by atoms with Gasteiger partial charge in [0.2, 0.25) is 0 Å². The van der Waals surface area contributed by atoms with Gasteiger partial charge in [0.1, 0.15) is 0 Å². The molecule has 1 amide bonds. The van der Waals surface area contributed by atoms with E-state index in [2.05, 4.69) is 15.7 Å². The van der Waals surface area contributed by atoms with Crippen molar-refractivity contribution in [3.8, 4) is 0 Å². The summed E-state index contributed by atoms with van der Waals surface area (Å²) < 4.78 is 7.27. The maximum Gasteiger partial charge on any atom is 0.255 e. The Balaban J connectivity index is 2.06. The van der Waals surface area contributed by atoms with Crippen molar-refractivity contribution >= 4 is 5.91 Å². The third-order valence-electron chi connectivity index (χ3n) is 4.65. The highest BCUT2D eigenvalue weighted by Crippen LogP contribution is 2.28. The summed E-state index contributed by atoms with van der Waals surface area (Å²) >= 11 is 0. The minimum Gasteiger partial charge on any atom is -0.384 e. The molecule has 1 aliphatic heterocycles. The van der Waals surface area contributed by atoms with Crippen LogP contribution in [0, 0.1) is 19.3 Å². The van der Waals surface area contributed by atoms with E-state index in [1.807, 2.05) is 25.5 Å². The third kappa shape index (κ3) is 3.50. The maximum atomic E-state index is 12.6. The number of hydrogen-bond donors (Lipinski definition) is 2. The van der Waals surface area contributed by atoms with E-state index in [4.69, 9.17) is 4.74 Å². The van der Waals surface area contributed by atoms with Crippen LogP contribution in [0.4, 0.5) is 0 Å². The second kappa shape index (κ2) is 7.24.